The molecule has 0 amide bonds. The van der Waals surface area contributed by atoms with Crippen molar-refractivity contribution in [3.05, 3.63) is 71.8 Å². The molecule has 0 N–H and O–H groups in total. The maximum absolute atomic E-state index is 12.3. The third-order valence-electron chi connectivity index (χ3n) is 4.54. The number of carbonyl (C=O) groups excluding carboxylic acids is 1. The van der Waals surface area contributed by atoms with Gasteiger partial charge in [-0.2, -0.15) is 0 Å². The van der Waals surface area contributed by atoms with Crippen molar-refractivity contribution in [3.8, 4) is 5.75 Å². The normalized spacial score (nSPS) is 12.4. The van der Waals surface area contributed by atoms with Crippen LogP contribution < -0.4 is 4.43 Å². The third-order valence-corrected chi connectivity index (χ3v) is 8.90. The molecule has 0 aromatic heterocycles. The van der Waals surface area contributed by atoms with E-state index >= 15 is 0 Å². The van der Waals surface area contributed by atoms with Crippen LogP contribution in [-0.4, -0.2) is 14.1 Å². The Morgan fingerprint density at radius 2 is 1.54 bits per heavy atom. The summed E-state index contributed by atoms with van der Waals surface area (Å²) in [5.41, 5.74) is 1.69. The largest absolute Gasteiger partial charge is 0.544 e. The highest BCUT2D eigenvalue weighted by molar-refractivity contribution is 6.74. The molecule has 0 spiro atoms. The van der Waals surface area contributed by atoms with Gasteiger partial charge in [-0.25, -0.2) is 0 Å². The van der Waals surface area contributed by atoms with Crippen LogP contribution in [0, 0.1) is 0 Å². The van der Waals surface area contributed by atoms with E-state index in [9.17, 15) is 4.79 Å². The van der Waals surface area contributed by atoms with Crippen LogP contribution in [0.2, 0.25) is 18.1 Å². The predicted octanol–water partition coefficient (Wildman–Crippen LogP) is 5.97. The molecule has 2 aromatic carbocycles. The first kappa shape index (κ1) is 18.2. The summed E-state index contributed by atoms with van der Waals surface area (Å²) in [5.74, 6) is 0.836. The molecular weight excluding hydrogens is 312 g/mol. The predicted molar refractivity (Wildman–Crippen MR) is 104 cm³/mol. The van der Waals surface area contributed by atoms with Crippen LogP contribution in [0.25, 0.3) is 6.08 Å². The number of allylic oxidation sites excluding steroid dienone is 1. The van der Waals surface area contributed by atoms with E-state index in [0.717, 1.165) is 11.3 Å². The second-order valence-electron chi connectivity index (χ2n) is 7.50. The van der Waals surface area contributed by atoms with Crippen LogP contribution >= 0.6 is 0 Å². The summed E-state index contributed by atoms with van der Waals surface area (Å²) in [6, 6.07) is 17.3. The Kier molecular flexibility index (Phi) is 5.45. The number of hydrogen-bond donors (Lipinski definition) is 0. The fourth-order valence-electron chi connectivity index (χ4n) is 1.97. The lowest BCUT2D eigenvalue weighted by Crippen LogP contribution is -2.43. The standard InChI is InChI=1S/C21H26O2Si/c1-21(2,3)24(4,5)23-19-14-12-18(13-15-19)20(22)16-11-17-9-7-6-8-10-17/h6-16H,1-5H3/b16-11+. The van der Waals surface area contributed by atoms with Crippen LogP contribution in [0.4, 0.5) is 0 Å². The zero-order valence-electron chi connectivity index (χ0n) is 15.2. The molecule has 0 fully saturated rings. The minimum atomic E-state index is -1.85. The number of ketones is 1. The zero-order chi connectivity index (χ0) is 17.8. The van der Waals surface area contributed by atoms with Crippen molar-refractivity contribution in [2.45, 2.75) is 38.9 Å². The van der Waals surface area contributed by atoms with E-state index in [2.05, 4.69) is 33.9 Å². The van der Waals surface area contributed by atoms with E-state index in [1.165, 1.54) is 0 Å². The van der Waals surface area contributed by atoms with Gasteiger partial charge in [-0.05, 0) is 54.0 Å². The fourth-order valence-corrected chi connectivity index (χ4v) is 3.00. The highest BCUT2D eigenvalue weighted by Crippen LogP contribution is 2.37. The Labute approximate surface area is 146 Å². The lowest BCUT2D eigenvalue weighted by molar-refractivity contribution is 0.104. The molecule has 0 atom stereocenters. The second kappa shape index (κ2) is 7.18. The Bertz CT molecular complexity index is 708. The summed E-state index contributed by atoms with van der Waals surface area (Å²) in [6.45, 7) is 11.1. The average molecular weight is 339 g/mol. The Morgan fingerprint density at radius 3 is 2.08 bits per heavy atom. The Hall–Kier alpha value is -2.13. The van der Waals surface area contributed by atoms with Crippen LogP contribution in [0.1, 0.15) is 36.7 Å². The minimum Gasteiger partial charge on any atom is -0.544 e. The summed E-state index contributed by atoms with van der Waals surface area (Å²) < 4.78 is 6.24. The van der Waals surface area contributed by atoms with Gasteiger partial charge in [-0.15, -0.1) is 0 Å². The van der Waals surface area contributed by atoms with E-state index in [1.54, 1.807) is 6.08 Å². The van der Waals surface area contributed by atoms with Gasteiger partial charge in [0, 0.05) is 5.56 Å². The number of rotatable bonds is 5. The van der Waals surface area contributed by atoms with Crippen LogP contribution in [0.5, 0.6) is 5.75 Å². The lowest BCUT2D eigenvalue weighted by Gasteiger charge is -2.36. The molecule has 0 saturated heterocycles. The first-order valence-corrected chi connectivity index (χ1v) is 11.2. The molecule has 126 valence electrons. The molecule has 0 radical (unpaired) electrons. The lowest BCUT2D eigenvalue weighted by atomic mass is 10.1. The fraction of sp³-hybridized carbons (Fsp3) is 0.286. The smallest absolute Gasteiger partial charge is 0.250 e. The molecule has 24 heavy (non-hydrogen) atoms. The van der Waals surface area contributed by atoms with Gasteiger partial charge in [-0.3, -0.25) is 4.79 Å². The van der Waals surface area contributed by atoms with Gasteiger partial charge in [0.15, 0.2) is 5.78 Å². The number of hydrogen-bond acceptors (Lipinski definition) is 2. The molecule has 0 unspecified atom stereocenters. The molecular formula is C21H26O2Si. The molecule has 2 aromatic rings. The van der Waals surface area contributed by atoms with E-state index in [1.807, 2.05) is 60.7 Å². The molecule has 2 rings (SSSR count). The summed E-state index contributed by atoms with van der Waals surface area (Å²) in [6.07, 6.45) is 3.45. The first-order valence-electron chi connectivity index (χ1n) is 8.26. The van der Waals surface area contributed by atoms with Crippen LogP contribution in [0.3, 0.4) is 0 Å². The quantitative estimate of drug-likeness (QED) is 0.381. The average Bonchev–Trinajstić information content (AvgIpc) is 2.53. The molecule has 0 heterocycles. The van der Waals surface area contributed by atoms with Gasteiger partial charge >= 0.3 is 0 Å². The van der Waals surface area contributed by atoms with Crippen LogP contribution in [0.15, 0.2) is 60.7 Å². The molecule has 3 heteroatoms. The number of carbonyl (C=O) groups is 1. The first-order chi connectivity index (χ1) is 11.2. The van der Waals surface area contributed by atoms with Crippen molar-refractivity contribution in [1.82, 2.24) is 0 Å². The summed E-state index contributed by atoms with van der Waals surface area (Å²) >= 11 is 0. The summed E-state index contributed by atoms with van der Waals surface area (Å²) in [4.78, 5) is 12.3. The SMILES string of the molecule is CC(C)(C)[Si](C)(C)Oc1ccc(C(=O)/C=C/c2ccccc2)cc1. The van der Waals surface area contributed by atoms with Crippen molar-refractivity contribution in [1.29, 1.82) is 0 Å². The maximum atomic E-state index is 12.3. The van der Waals surface area contributed by atoms with Gasteiger partial charge in [0.05, 0.1) is 0 Å². The maximum Gasteiger partial charge on any atom is 0.250 e. The molecule has 0 aliphatic carbocycles. The second-order valence-corrected chi connectivity index (χ2v) is 12.2. The van der Waals surface area contributed by atoms with E-state index in [0.29, 0.717) is 5.56 Å². The molecule has 0 saturated carbocycles. The monoisotopic (exact) mass is 338 g/mol. The van der Waals surface area contributed by atoms with Crippen molar-refractivity contribution >= 4 is 20.2 Å². The van der Waals surface area contributed by atoms with Gasteiger partial charge in [0.2, 0.25) is 8.32 Å². The molecule has 0 bridgehead atoms. The zero-order valence-corrected chi connectivity index (χ0v) is 16.2. The Balaban J connectivity index is 2.06. The summed E-state index contributed by atoms with van der Waals surface area (Å²) in [5, 5.41) is 0.153. The number of benzene rings is 2. The highest BCUT2D eigenvalue weighted by Gasteiger charge is 2.38. The van der Waals surface area contributed by atoms with E-state index in [4.69, 9.17) is 4.43 Å². The third kappa shape index (κ3) is 4.68. The minimum absolute atomic E-state index is 0.00210. The molecule has 2 nitrogen and oxygen atoms in total. The topological polar surface area (TPSA) is 26.3 Å². The van der Waals surface area contributed by atoms with Gasteiger partial charge in [-0.1, -0.05) is 57.2 Å². The van der Waals surface area contributed by atoms with Gasteiger partial charge in [0.25, 0.3) is 0 Å². The Morgan fingerprint density at radius 1 is 0.958 bits per heavy atom. The van der Waals surface area contributed by atoms with Gasteiger partial charge in [0.1, 0.15) is 5.75 Å². The van der Waals surface area contributed by atoms with E-state index in [-0.39, 0.29) is 10.8 Å². The molecule has 0 aliphatic rings. The highest BCUT2D eigenvalue weighted by atomic mass is 28.4. The van der Waals surface area contributed by atoms with Crippen molar-refractivity contribution in [3.63, 3.8) is 0 Å². The van der Waals surface area contributed by atoms with Crippen LogP contribution in [-0.2, 0) is 0 Å². The van der Waals surface area contributed by atoms with Crippen molar-refractivity contribution in [2.75, 3.05) is 0 Å². The van der Waals surface area contributed by atoms with Crippen molar-refractivity contribution < 1.29 is 9.22 Å². The van der Waals surface area contributed by atoms with Crippen molar-refractivity contribution in [2.24, 2.45) is 0 Å². The van der Waals surface area contributed by atoms with Gasteiger partial charge < -0.3 is 4.43 Å². The summed E-state index contributed by atoms with van der Waals surface area (Å²) in [7, 11) is -1.85. The molecule has 0 aliphatic heterocycles. The van der Waals surface area contributed by atoms with E-state index < -0.39 is 8.32 Å².